The third kappa shape index (κ3) is 5.17. The zero-order valence-corrected chi connectivity index (χ0v) is 14.0. The summed E-state index contributed by atoms with van der Waals surface area (Å²) in [6.07, 6.45) is 1.63. The number of rotatable bonds is 8. The van der Waals surface area contributed by atoms with Crippen LogP contribution in [0.1, 0.15) is 39.2 Å². The van der Waals surface area contributed by atoms with E-state index in [2.05, 4.69) is 0 Å². The molecule has 4 heteroatoms. The van der Waals surface area contributed by atoms with Crippen molar-refractivity contribution in [2.45, 2.75) is 40.2 Å². The van der Waals surface area contributed by atoms with Gasteiger partial charge in [-0.25, -0.2) is 0 Å². The second-order valence-corrected chi connectivity index (χ2v) is 5.64. The molecule has 0 aliphatic heterocycles. The second kappa shape index (κ2) is 9.23. The van der Waals surface area contributed by atoms with E-state index < -0.39 is 0 Å². The van der Waals surface area contributed by atoms with Gasteiger partial charge in [-0.1, -0.05) is 51.1 Å². The first-order chi connectivity index (χ1) is 10.5. The molecule has 0 aliphatic rings. The molecule has 122 valence electrons. The number of carbonyl (C=O) groups excluding carboxylic acids is 2. The molecule has 0 bridgehead atoms. The minimum atomic E-state index is -0.327. The van der Waals surface area contributed by atoms with Crippen molar-refractivity contribution in [3.63, 3.8) is 0 Å². The Morgan fingerprint density at radius 2 is 1.73 bits per heavy atom. The van der Waals surface area contributed by atoms with E-state index in [0.29, 0.717) is 13.1 Å². The van der Waals surface area contributed by atoms with Gasteiger partial charge in [-0.3, -0.25) is 9.59 Å². The number of esters is 1. The molecule has 1 amide bonds. The molecule has 0 radical (unpaired) electrons. The number of methoxy groups -OCH3 is 1. The fourth-order valence-corrected chi connectivity index (χ4v) is 2.54. The maximum atomic E-state index is 12.7. The minimum Gasteiger partial charge on any atom is -0.469 e. The maximum absolute atomic E-state index is 12.7. The van der Waals surface area contributed by atoms with Crippen LogP contribution in [-0.2, 0) is 20.9 Å². The predicted molar refractivity (Wildman–Crippen MR) is 87.1 cm³/mol. The van der Waals surface area contributed by atoms with E-state index in [-0.39, 0.29) is 23.7 Å². The van der Waals surface area contributed by atoms with Gasteiger partial charge in [0.15, 0.2) is 0 Å². The summed E-state index contributed by atoms with van der Waals surface area (Å²) in [5, 5.41) is 0. The van der Waals surface area contributed by atoms with Crippen molar-refractivity contribution >= 4 is 11.9 Å². The fraction of sp³-hybridized carbons (Fsp3) is 0.556. The van der Waals surface area contributed by atoms with Crippen molar-refractivity contribution < 1.29 is 14.3 Å². The lowest BCUT2D eigenvalue weighted by atomic mass is 10.0. The number of ether oxygens (including phenoxy) is 1. The van der Waals surface area contributed by atoms with Crippen LogP contribution in [0.3, 0.4) is 0 Å². The molecule has 0 N–H and O–H groups in total. The molecule has 0 fully saturated rings. The largest absolute Gasteiger partial charge is 0.469 e. The number of hydrogen-bond acceptors (Lipinski definition) is 3. The van der Waals surface area contributed by atoms with Crippen LogP contribution in [0.2, 0.25) is 0 Å². The molecular weight excluding hydrogens is 278 g/mol. The Morgan fingerprint density at radius 1 is 1.14 bits per heavy atom. The summed E-state index contributed by atoms with van der Waals surface area (Å²) >= 11 is 0. The van der Waals surface area contributed by atoms with Gasteiger partial charge in [-0.2, -0.15) is 0 Å². The Hall–Kier alpha value is -1.84. The molecule has 1 unspecified atom stereocenters. The first-order valence-electron chi connectivity index (χ1n) is 7.93. The lowest BCUT2D eigenvalue weighted by Crippen LogP contribution is -2.40. The SMILES string of the molecule is CCC(CC)C(=O)N(Cc1ccccc1)CC(C)C(=O)OC. The highest BCUT2D eigenvalue weighted by atomic mass is 16.5. The van der Waals surface area contributed by atoms with Crippen molar-refractivity contribution in [2.24, 2.45) is 11.8 Å². The summed E-state index contributed by atoms with van der Waals surface area (Å²) in [4.78, 5) is 26.2. The van der Waals surface area contributed by atoms with E-state index in [1.807, 2.05) is 44.2 Å². The quantitative estimate of drug-likeness (QED) is 0.693. The summed E-state index contributed by atoms with van der Waals surface area (Å²) in [5.74, 6) is -0.486. The smallest absolute Gasteiger partial charge is 0.310 e. The standard InChI is InChI=1S/C18H27NO3/c1-5-16(6-2)17(20)19(12-14(3)18(21)22-4)13-15-10-8-7-9-11-15/h7-11,14,16H,5-6,12-13H2,1-4H3. The molecule has 1 atom stereocenters. The molecule has 0 heterocycles. The van der Waals surface area contributed by atoms with E-state index >= 15 is 0 Å². The topological polar surface area (TPSA) is 46.6 Å². The van der Waals surface area contributed by atoms with Crippen LogP contribution >= 0.6 is 0 Å². The summed E-state index contributed by atoms with van der Waals surface area (Å²) < 4.78 is 4.78. The Kier molecular flexibility index (Phi) is 7.64. The van der Waals surface area contributed by atoms with Gasteiger partial charge in [0, 0.05) is 19.0 Å². The molecule has 1 rings (SSSR count). The number of nitrogens with zero attached hydrogens (tertiary/aromatic N) is 1. The molecule has 4 nitrogen and oxygen atoms in total. The summed E-state index contributed by atoms with van der Waals surface area (Å²) in [6, 6.07) is 9.86. The van der Waals surface area contributed by atoms with Crippen molar-refractivity contribution in [3.8, 4) is 0 Å². The number of benzene rings is 1. The van der Waals surface area contributed by atoms with Crippen LogP contribution in [0.15, 0.2) is 30.3 Å². The number of carbonyl (C=O) groups is 2. The average molecular weight is 305 g/mol. The van der Waals surface area contributed by atoms with Crippen LogP contribution in [-0.4, -0.2) is 30.4 Å². The molecule has 0 aromatic heterocycles. The zero-order valence-electron chi connectivity index (χ0n) is 14.0. The van der Waals surface area contributed by atoms with Gasteiger partial charge in [0.1, 0.15) is 0 Å². The van der Waals surface area contributed by atoms with Crippen LogP contribution in [0.4, 0.5) is 0 Å². The summed E-state index contributed by atoms with van der Waals surface area (Å²) in [6.45, 7) is 6.76. The Balaban J connectivity index is 2.89. The molecular formula is C18H27NO3. The fourth-order valence-electron chi connectivity index (χ4n) is 2.54. The molecule has 0 spiro atoms. The number of hydrogen-bond donors (Lipinski definition) is 0. The highest BCUT2D eigenvalue weighted by Crippen LogP contribution is 2.17. The monoisotopic (exact) mass is 305 g/mol. The lowest BCUT2D eigenvalue weighted by molar-refractivity contribution is -0.147. The summed E-state index contributed by atoms with van der Waals surface area (Å²) in [7, 11) is 1.38. The van der Waals surface area contributed by atoms with Gasteiger partial charge in [-0.15, -0.1) is 0 Å². The van der Waals surface area contributed by atoms with Gasteiger partial charge in [0.2, 0.25) is 5.91 Å². The van der Waals surface area contributed by atoms with Crippen molar-refractivity contribution in [3.05, 3.63) is 35.9 Å². The highest BCUT2D eigenvalue weighted by Gasteiger charge is 2.25. The van der Waals surface area contributed by atoms with Crippen molar-refractivity contribution in [1.82, 2.24) is 4.90 Å². The average Bonchev–Trinajstić information content (AvgIpc) is 2.55. The molecule has 22 heavy (non-hydrogen) atoms. The van der Waals surface area contributed by atoms with Crippen LogP contribution < -0.4 is 0 Å². The Labute approximate surface area is 133 Å². The van der Waals surface area contributed by atoms with Gasteiger partial charge < -0.3 is 9.64 Å². The molecule has 0 saturated carbocycles. The van der Waals surface area contributed by atoms with Gasteiger partial charge in [0.25, 0.3) is 0 Å². The van der Waals surface area contributed by atoms with Crippen LogP contribution in [0.5, 0.6) is 0 Å². The van der Waals surface area contributed by atoms with Gasteiger partial charge in [0.05, 0.1) is 13.0 Å². The summed E-state index contributed by atoms with van der Waals surface area (Å²) in [5.41, 5.74) is 1.07. The predicted octanol–water partition coefficient (Wildman–Crippen LogP) is 3.26. The molecule has 0 aliphatic carbocycles. The third-order valence-corrected chi connectivity index (χ3v) is 3.96. The normalized spacial score (nSPS) is 12.0. The first kappa shape index (κ1) is 18.2. The number of amides is 1. The zero-order chi connectivity index (χ0) is 16.5. The van der Waals surface area contributed by atoms with Crippen LogP contribution in [0, 0.1) is 11.8 Å². The van der Waals surface area contributed by atoms with Crippen molar-refractivity contribution in [2.75, 3.05) is 13.7 Å². The van der Waals surface area contributed by atoms with E-state index in [0.717, 1.165) is 18.4 Å². The maximum Gasteiger partial charge on any atom is 0.310 e. The van der Waals surface area contributed by atoms with Gasteiger partial charge in [-0.05, 0) is 18.4 Å². The van der Waals surface area contributed by atoms with E-state index in [1.165, 1.54) is 7.11 Å². The second-order valence-electron chi connectivity index (χ2n) is 5.64. The van der Waals surface area contributed by atoms with Gasteiger partial charge >= 0.3 is 5.97 Å². The first-order valence-corrected chi connectivity index (χ1v) is 7.93. The minimum absolute atomic E-state index is 0.00793. The highest BCUT2D eigenvalue weighted by molar-refractivity contribution is 5.80. The lowest BCUT2D eigenvalue weighted by Gasteiger charge is -2.28. The van der Waals surface area contributed by atoms with Crippen LogP contribution in [0.25, 0.3) is 0 Å². The van der Waals surface area contributed by atoms with E-state index in [9.17, 15) is 9.59 Å². The molecule has 1 aromatic rings. The van der Waals surface area contributed by atoms with E-state index in [1.54, 1.807) is 11.8 Å². The third-order valence-electron chi connectivity index (χ3n) is 3.96. The Bertz CT molecular complexity index is 468. The van der Waals surface area contributed by atoms with E-state index in [4.69, 9.17) is 4.74 Å². The molecule has 0 saturated heterocycles. The van der Waals surface area contributed by atoms with Crippen molar-refractivity contribution in [1.29, 1.82) is 0 Å². The molecule has 1 aromatic carbocycles. The Morgan fingerprint density at radius 3 is 2.23 bits per heavy atom.